The van der Waals surface area contributed by atoms with Gasteiger partial charge in [0.1, 0.15) is 17.7 Å². The van der Waals surface area contributed by atoms with Crippen LogP contribution < -0.4 is 20.4 Å². The number of carbonyl (C=O) groups is 2. The third-order valence-corrected chi connectivity index (χ3v) is 4.37. The van der Waals surface area contributed by atoms with Gasteiger partial charge in [0.15, 0.2) is 5.75 Å². The van der Waals surface area contributed by atoms with Crippen LogP contribution >= 0.6 is 0 Å². The zero-order valence-electron chi connectivity index (χ0n) is 15.7. The summed E-state index contributed by atoms with van der Waals surface area (Å²) in [4.78, 5) is 35.9. The maximum Gasteiger partial charge on any atom is 0.414 e. The van der Waals surface area contributed by atoms with Crippen LogP contribution in [0.2, 0.25) is 0 Å². The van der Waals surface area contributed by atoms with Crippen LogP contribution in [0.25, 0.3) is 11.1 Å². The second-order valence-electron chi connectivity index (χ2n) is 6.39. The lowest BCUT2D eigenvalue weighted by Gasteiger charge is -2.15. The highest BCUT2D eigenvalue weighted by atomic mass is 19.1. The maximum atomic E-state index is 14.7. The van der Waals surface area contributed by atoms with Crippen molar-refractivity contribution in [3.05, 3.63) is 58.3 Å². The van der Waals surface area contributed by atoms with Crippen molar-refractivity contribution in [1.82, 2.24) is 5.32 Å². The van der Waals surface area contributed by atoms with Crippen molar-refractivity contribution in [2.24, 2.45) is 0 Å². The van der Waals surface area contributed by atoms with Gasteiger partial charge in [-0.3, -0.25) is 14.5 Å². The Balaban J connectivity index is 1.91. The van der Waals surface area contributed by atoms with Crippen LogP contribution in [0.15, 0.2) is 41.2 Å². The van der Waals surface area contributed by atoms with Crippen LogP contribution in [0.5, 0.6) is 5.75 Å². The fourth-order valence-corrected chi connectivity index (χ4v) is 2.97. The summed E-state index contributed by atoms with van der Waals surface area (Å²) in [7, 11) is 1.32. The lowest BCUT2D eigenvalue weighted by Crippen LogP contribution is -2.33. The normalized spacial score (nSPS) is 15.8. The Morgan fingerprint density at radius 2 is 1.86 bits per heavy atom. The Morgan fingerprint density at radius 3 is 2.48 bits per heavy atom. The molecule has 0 saturated carbocycles. The van der Waals surface area contributed by atoms with Gasteiger partial charge in [0.05, 0.1) is 31.5 Å². The van der Waals surface area contributed by atoms with Crippen LogP contribution in [-0.2, 0) is 9.53 Å². The molecule has 3 rings (SSSR count). The van der Waals surface area contributed by atoms with Gasteiger partial charge < -0.3 is 14.8 Å². The predicted octanol–water partition coefficient (Wildman–Crippen LogP) is 2.46. The monoisotopic (exact) mass is 404 g/mol. The number of carbonyl (C=O) groups excluding carboxylic acids is 2. The summed E-state index contributed by atoms with van der Waals surface area (Å²) in [6, 6.07) is 7.18. The quantitative estimate of drug-likeness (QED) is 0.828. The largest absolute Gasteiger partial charge is 0.493 e. The fraction of sp³-hybridized carbons (Fsp3) is 0.250. The first-order valence-corrected chi connectivity index (χ1v) is 8.70. The number of ether oxygens (including phenoxy) is 2. The summed E-state index contributed by atoms with van der Waals surface area (Å²) in [6.07, 6.45) is -1.40. The van der Waals surface area contributed by atoms with E-state index in [2.05, 4.69) is 5.32 Å². The van der Waals surface area contributed by atoms with Crippen molar-refractivity contribution in [1.29, 1.82) is 0 Å². The van der Waals surface area contributed by atoms with E-state index in [4.69, 9.17) is 9.47 Å². The van der Waals surface area contributed by atoms with Gasteiger partial charge in [0.2, 0.25) is 11.3 Å². The molecule has 0 bridgehead atoms. The molecule has 152 valence electrons. The molecule has 0 aliphatic carbocycles. The Labute approximate surface area is 164 Å². The molecule has 2 aromatic carbocycles. The zero-order chi connectivity index (χ0) is 21.1. The van der Waals surface area contributed by atoms with Crippen LogP contribution in [-0.4, -0.2) is 38.3 Å². The minimum absolute atomic E-state index is 0.0125. The first-order chi connectivity index (χ1) is 13.8. The van der Waals surface area contributed by atoms with Crippen LogP contribution in [0.1, 0.15) is 6.92 Å². The van der Waals surface area contributed by atoms with Gasteiger partial charge in [-0.25, -0.2) is 13.6 Å². The van der Waals surface area contributed by atoms with E-state index >= 15 is 0 Å². The minimum Gasteiger partial charge on any atom is -0.493 e. The van der Waals surface area contributed by atoms with E-state index < -0.39 is 29.3 Å². The molecule has 1 aliphatic rings. The minimum atomic E-state index is -0.907. The molecule has 0 unspecified atom stereocenters. The number of nitrogens with zero attached hydrogens (tertiary/aromatic N) is 1. The van der Waals surface area contributed by atoms with E-state index in [0.717, 1.165) is 23.1 Å². The summed E-state index contributed by atoms with van der Waals surface area (Å²) in [6.45, 7) is 1.46. The van der Waals surface area contributed by atoms with Gasteiger partial charge in [-0.05, 0) is 29.8 Å². The number of rotatable bonds is 5. The average molecular weight is 404 g/mol. The average Bonchev–Trinajstić information content (AvgIpc) is 2.93. The van der Waals surface area contributed by atoms with Crippen LogP contribution in [0.3, 0.4) is 0 Å². The van der Waals surface area contributed by atoms with E-state index in [9.17, 15) is 23.2 Å². The lowest BCUT2D eigenvalue weighted by molar-refractivity contribution is -0.119. The van der Waals surface area contributed by atoms with Crippen molar-refractivity contribution in [3.63, 3.8) is 0 Å². The Bertz CT molecular complexity index is 1000. The third kappa shape index (κ3) is 4.34. The summed E-state index contributed by atoms with van der Waals surface area (Å²) >= 11 is 0. The topological polar surface area (TPSA) is 84.9 Å². The molecular weight excluding hydrogens is 386 g/mol. The molecule has 0 radical (unpaired) electrons. The molecule has 2 amide bonds. The van der Waals surface area contributed by atoms with E-state index in [-0.39, 0.29) is 41.6 Å². The maximum absolute atomic E-state index is 14.7. The van der Waals surface area contributed by atoms with Crippen LogP contribution in [0.4, 0.5) is 19.3 Å². The molecule has 0 spiro atoms. The molecule has 1 N–H and O–H groups in total. The lowest BCUT2D eigenvalue weighted by atomic mass is 10.1. The van der Waals surface area contributed by atoms with E-state index in [1.807, 2.05) is 0 Å². The highest BCUT2D eigenvalue weighted by Gasteiger charge is 2.33. The highest BCUT2D eigenvalue weighted by Crippen LogP contribution is 2.31. The van der Waals surface area contributed by atoms with Gasteiger partial charge in [0, 0.05) is 6.92 Å². The second-order valence-corrected chi connectivity index (χ2v) is 6.39. The summed E-state index contributed by atoms with van der Waals surface area (Å²) < 4.78 is 39.5. The molecule has 9 heteroatoms. The highest BCUT2D eigenvalue weighted by molar-refractivity contribution is 5.90. The SMILES string of the molecule is COc1ccc(-c2c(F)cc(N3C[C@H](CNC(C)=O)OC3=O)cc2F)ccc1=O. The molecule has 1 saturated heterocycles. The van der Waals surface area contributed by atoms with E-state index in [1.54, 1.807) is 0 Å². The standard InChI is InChI=1S/C20H18F2N2O5/c1-11(25)23-9-14-10-24(20(27)29-14)13-7-15(21)19(16(22)8-13)12-3-5-17(26)18(28-2)6-4-12/h3-8,14H,9-10H2,1-2H3,(H,23,25)/t14-/m0/s1. The Morgan fingerprint density at radius 1 is 1.21 bits per heavy atom. The molecule has 1 atom stereocenters. The molecule has 1 fully saturated rings. The molecule has 2 aromatic rings. The van der Waals surface area contributed by atoms with Gasteiger partial charge in [-0.1, -0.05) is 12.1 Å². The Hall–Kier alpha value is -3.49. The zero-order valence-corrected chi connectivity index (χ0v) is 15.7. The molecule has 0 aromatic heterocycles. The van der Waals surface area contributed by atoms with Crippen molar-refractivity contribution >= 4 is 17.7 Å². The number of methoxy groups -OCH3 is 1. The van der Waals surface area contributed by atoms with Crippen LogP contribution in [0, 0.1) is 11.6 Å². The van der Waals surface area contributed by atoms with Gasteiger partial charge in [0.25, 0.3) is 0 Å². The number of hydrogen-bond acceptors (Lipinski definition) is 5. The van der Waals surface area contributed by atoms with E-state index in [1.165, 1.54) is 32.2 Å². The first kappa shape index (κ1) is 20.2. The van der Waals surface area contributed by atoms with Gasteiger partial charge in [-0.15, -0.1) is 0 Å². The van der Waals surface area contributed by atoms with E-state index in [0.29, 0.717) is 0 Å². The number of amides is 2. The second kappa shape index (κ2) is 8.26. The van der Waals surface area contributed by atoms with Gasteiger partial charge >= 0.3 is 6.09 Å². The molecular formula is C20H18F2N2O5. The van der Waals surface area contributed by atoms with Crippen molar-refractivity contribution < 1.29 is 27.8 Å². The molecule has 1 aliphatic heterocycles. The number of halogens is 2. The summed E-state index contributed by atoms with van der Waals surface area (Å²) in [5, 5.41) is 2.52. The molecule has 29 heavy (non-hydrogen) atoms. The van der Waals surface area contributed by atoms with Crippen molar-refractivity contribution in [2.45, 2.75) is 13.0 Å². The number of benzene rings is 1. The smallest absolute Gasteiger partial charge is 0.414 e. The van der Waals surface area contributed by atoms with Gasteiger partial charge in [-0.2, -0.15) is 0 Å². The molecule has 7 nitrogen and oxygen atoms in total. The third-order valence-electron chi connectivity index (χ3n) is 4.37. The Kier molecular flexibility index (Phi) is 5.76. The van der Waals surface area contributed by atoms with Crippen molar-refractivity contribution in [3.8, 4) is 16.9 Å². The summed E-state index contributed by atoms with van der Waals surface area (Å²) in [5.74, 6) is -2.06. The number of anilines is 1. The summed E-state index contributed by atoms with van der Waals surface area (Å²) in [5.41, 5.74) is -0.643. The van der Waals surface area contributed by atoms with Crippen molar-refractivity contribution in [2.75, 3.05) is 25.1 Å². The number of hydrogen-bond donors (Lipinski definition) is 1. The predicted molar refractivity (Wildman–Crippen MR) is 101 cm³/mol. The fourth-order valence-electron chi connectivity index (χ4n) is 2.97. The molecule has 1 heterocycles. The number of cyclic esters (lactones) is 1. The number of nitrogens with one attached hydrogen (secondary N) is 1. The first-order valence-electron chi connectivity index (χ1n) is 8.70.